The largest absolute Gasteiger partial charge is 0.338 e. The van der Waals surface area contributed by atoms with E-state index in [1.807, 2.05) is 36.4 Å². The zero-order valence-corrected chi connectivity index (χ0v) is 12.3. The molecule has 4 heteroatoms. The second-order valence-electron chi connectivity index (χ2n) is 5.42. The van der Waals surface area contributed by atoms with Gasteiger partial charge in [0.1, 0.15) is 6.42 Å². The van der Waals surface area contributed by atoms with Crippen molar-refractivity contribution in [3.8, 4) is 0 Å². The number of fused-ring (bicyclic) bond motifs is 1. The molecule has 2 aromatic rings. The molecule has 0 aliphatic carbocycles. The SMILES string of the molecule is O=C(CC(=O)N1CCc2ccccc2C1)Nc1ccccc1. The summed E-state index contributed by atoms with van der Waals surface area (Å²) in [5.74, 6) is -0.391. The first-order valence-corrected chi connectivity index (χ1v) is 7.42. The number of hydrogen-bond acceptors (Lipinski definition) is 2. The molecule has 1 aliphatic rings. The first kappa shape index (κ1) is 14.3. The zero-order valence-electron chi connectivity index (χ0n) is 12.3. The Morgan fingerprint density at radius 2 is 1.64 bits per heavy atom. The number of nitrogens with one attached hydrogen (secondary N) is 1. The van der Waals surface area contributed by atoms with Crippen LogP contribution in [0.5, 0.6) is 0 Å². The fourth-order valence-corrected chi connectivity index (χ4v) is 2.68. The van der Waals surface area contributed by atoms with Crippen LogP contribution in [0.25, 0.3) is 0 Å². The first-order chi connectivity index (χ1) is 10.7. The maximum absolute atomic E-state index is 12.3. The van der Waals surface area contributed by atoms with Gasteiger partial charge in [0.25, 0.3) is 0 Å². The number of anilines is 1. The molecule has 0 radical (unpaired) electrons. The van der Waals surface area contributed by atoms with Crippen molar-refractivity contribution >= 4 is 17.5 Å². The number of carbonyl (C=O) groups excluding carboxylic acids is 2. The number of para-hydroxylation sites is 1. The van der Waals surface area contributed by atoms with Crippen LogP contribution in [0.1, 0.15) is 17.5 Å². The molecule has 0 unspecified atom stereocenters. The lowest BCUT2D eigenvalue weighted by Gasteiger charge is -2.28. The van der Waals surface area contributed by atoms with E-state index < -0.39 is 0 Å². The van der Waals surface area contributed by atoms with Crippen LogP contribution in [0.3, 0.4) is 0 Å². The molecule has 0 spiro atoms. The van der Waals surface area contributed by atoms with Gasteiger partial charge in [-0.15, -0.1) is 0 Å². The minimum atomic E-state index is -0.268. The van der Waals surface area contributed by atoms with Crippen LogP contribution >= 0.6 is 0 Å². The molecule has 0 bridgehead atoms. The van der Waals surface area contributed by atoms with E-state index in [0.717, 1.165) is 6.42 Å². The Labute approximate surface area is 129 Å². The van der Waals surface area contributed by atoms with Crippen LogP contribution in [-0.4, -0.2) is 23.3 Å². The Balaban J connectivity index is 1.58. The fourth-order valence-electron chi connectivity index (χ4n) is 2.68. The van der Waals surface area contributed by atoms with Crippen molar-refractivity contribution in [2.45, 2.75) is 19.4 Å². The van der Waals surface area contributed by atoms with Crippen LogP contribution in [0.2, 0.25) is 0 Å². The number of hydrogen-bond donors (Lipinski definition) is 1. The van der Waals surface area contributed by atoms with E-state index in [-0.39, 0.29) is 18.2 Å². The number of carbonyl (C=O) groups is 2. The van der Waals surface area contributed by atoms with Gasteiger partial charge in [-0.25, -0.2) is 0 Å². The molecule has 0 saturated heterocycles. The van der Waals surface area contributed by atoms with Crippen LogP contribution < -0.4 is 5.32 Å². The molecule has 2 aromatic carbocycles. The minimum Gasteiger partial charge on any atom is -0.338 e. The second kappa shape index (κ2) is 6.43. The molecule has 3 rings (SSSR count). The van der Waals surface area contributed by atoms with E-state index >= 15 is 0 Å². The van der Waals surface area contributed by atoms with E-state index in [1.165, 1.54) is 11.1 Å². The summed E-state index contributed by atoms with van der Waals surface area (Å²) in [6.45, 7) is 1.27. The van der Waals surface area contributed by atoms with Crippen molar-refractivity contribution in [3.63, 3.8) is 0 Å². The summed E-state index contributed by atoms with van der Waals surface area (Å²) in [5.41, 5.74) is 3.18. The van der Waals surface area contributed by atoms with Crippen molar-refractivity contribution in [1.29, 1.82) is 0 Å². The van der Waals surface area contributed by atoms with Crippen molar-refractivity contribution in [1.82, 2.24) is 4.90 Å². The average molecular weight is 294 g/mol. The summed E-state index contributed by atoms with van der Waals surface area (Å²) in [4.78, 5) is 26.0. The lowest BCUT2D eigenvalue weighted by atomic mass is 10.00. The van der Waals surface area contributed by atoms with Gasteiger partial charge in [-0.05, 0) is 29.7 Å². The van der Waals surface area contributed by atoms with Crippen LogP contribution in [0, 0.1) is 0 Å². The molecule has 0 saturated carbocycles. The smallest absolute Gasteiger partial charge is 0.233 e. The molecule has 1 N–H and O–H groups in total. The number of benzene rings is 2. The molecule has 0 fully saturated rings. The highest BCUT2D eigenvalue weighted by Gasteiger charge is 2.22. The molecule has 112 valence electrons. The topological polar surface area (TPSA) is 49.4 Å². The van der Waals surface area contributed by atoms with Gasteiger partial charge in [0.2, 0.25) is 11.8 Å². The standard InChI is InChI=1S/C18H18N2O2/c21-17(19-16-8-2-1-3-9-16)12-18(22)20-11-10-14-6-4-5-7-15(14)13-20/h1-9H,10-13H2,(H,19,21). The molecular weight excluding hydrogens is 276 g/mol. The summed E-state index contributed by atoms with van der Waals surface area (Å²) in [6, 6.07) is 17.3. The van der Waals surface area contributed by atoms with Gasteiger partial charge in [-0.3, -0.25) is 9.59 Å². The lowest BCUT2D eigenvalue weighted by molar-refractivity contribution is -0.135. The van der Waals surface area contributed by atoms with Gasteiger partial charge < -0.3 is 10.2 Å². The highest BCUT2D eigenvalue weighted by molar-refractivity contribution is 6.03. The van der Waals surface area contributed by atoms with Crippen molar-refractivity contribution in [2.75, 3.05) is 11.9 Å². The fraction of sp³-hybridized carbons (Fsp3) is 0.222. The molecule has 2 amide bonds. The third-order valence-electron chi connectivity index (χ3n) is 3.85. The summed E-state index contributed by atoms with van der Waals surface area (Å²) in [5, 5.41) is 2.74. The normalized spacial score (nSPS) is 13.4. The van der Waals surface area contributed by atoms with Crippen LogP contribution in [0.4, 0.5) is 5.69 Å². The van der Waals surface area contributed by atoms with Gasteiger partial charge in [0.15, 0.2) is 0 Å². The molecule has 1 heterocycles. The Morgan fingerprint density at radius 1 is 0.955 bits per heavy atom. The quantitative estimate of drug-likeness (QED) is 0.885. The van der Waals surface area contributed by atoms with E-state index in [4.69, 9.17) is 0 Å². The number of amides is 2. The molecular formula is C18H18N2O2. The van der Waals surface area contributed by atoms with Gasteiger partial charge in [-0.1, -0.05) is 42.5 Å². The van der Waals surface area contributed by atoms with Crippen molar-refractivity contribution in [2.24, 2.45) is 0 Å². The maximum atomic E-state index is 12.3. The Bertz CT molecular complexity index is 682. The molecule has 4 nitrogen and oxygen atoms in total. The van der Waals surface area contributed by atoms with Crippen molar-refractivity contribution < 1.29 is 9.59 Å². The molecule has 1 aliphatic heterocycles. The monoisotopic (exact) mass is 294 g/mol. The summed E-state index contributed by atoms with van der Waals surface area (Å²) >= 11 is 0. The van der Waals surface area contributed by atoms with E-state index in [0.29, 0.717) is 18.8 Å². The maximum Gasteiger partial charge on any atom is 0.233 e. The van der Waals surface area contributed by atoms with E-state index in [2.05, 4.69) is 11.4 Å². The van der Waals surface area contributed by atoms with Crippen LogP contribution in [0.15, 0.2) is 54.6 Å². The highest BCUT2D eigenvalue weighted by atomic mass is 16.2. The van der Waals surface area contributed by atoms with Gasteiger partial charge >= 0.3 is 0 Å². The molecule has 0 aromatic heterocycles. The van der Waals surface area contributed by atoms with Gasteiger partial charge in [0.05, 0.1) is 0 Å². The summed E-state index contributed by atoms with van der Waals surface area (Å²) < 4.78 is 0. The van der Waals surface area contributed by atoms with Gasteiger partial charge in [0, 0.05) is 18.8 Å². The predicted octanol–water partition coefficient (Wildman–Crippen LogP) is 2.60. The molecule has 22 heavy (non-hydrogen) atoms. The van der Waals surface area contributed by atoms with E-state index in [1.54, 1.807) is 17.0 Å². The number of nitrogens with zero attached hydrogens (tertiary/aromatic N) is 1. The summed E-state index contributed by atoms with van der Waals surface area (Å²) in [6.07, 6.45) is 0.735. The van der Waals surface area contributed by atoms with E-state index in [9.17, 15) is 9.59 Å². The Hall–Kier alpha value is -2.62. The number of rotatable bonds is 3. The Kier molecular flexibility index (Phi) is 4.19. The summed E-state index contributed by atoms with van der Waals surface area (Å²) in [7, 11) is 0. The first-order valence-electron chi connectivity index (χ1n) is 7.42. The zero-order chi connectivity index (χ0) is 15.4. The molecule has 0 atom stereocenters. The Morgan fingerprint density at radius 3 is 2.41 bits per heavy atom. The minimum absolute atomic E-state index is 0.114. The third kappa shape index (κ3) is 3.34. The predicted molar refractivity (Wildman–Crippen MR) is 85.3 cm³/mol. The average Bonchev–Trinajstić information content (AvgIpc) is 2.55. The van der Waals surface area contributed by atoms with Gasteiger partial charge in [-0.2, -0.15) is 0 Å². The lowest BCUT2D eigenvalue weighted by Crippen LogP contribution is -2.37. The third-order valence-corrected chi connectivity index (χ3v) is 3.85. The highest BCUT2D eigenvalue weighted by Crippen LogP contribution is 2.19. The van der Waals surface area contributed by atoms with Crippen LogP contribution in [-0.2, 0) is 22.6 Å². The second-order valence-corrected chi connectivity index (χ2v) is 5.42. The van der Waals surface area contributed by atoms with Crippen molar-refractivity contribution in [3.05, 3.63) is 65.7 Å².